The number of hydrogen-bond acceptors (Lipinski definition) is 5. The average molecular weight is 345 g/mol. The van der Waals surface area contributed by atoms with Gasteiger partial charge in [0.1, 0.15) is 6.61 Å². The molecule has 0 unspecified atom stereocenters. The second-order valence-corrected chi connectivity index (χ2v) is 6.40. The van der Waals surface area contributed by atoms with Crippen molar-refractivity contribution in [2.45, 2.75) is 19.8 Å². The fraction of sp³-hybridized carbons (Fsp3) is 0.353. The van der Waals surface area contributed by atoms with Gasteiger partial charge in [-0.1, -0.05) is 19.1 Å². The summed E-state index contributed by atoms with van der Waals surface area (Å²) in [5, 5.41) is 5.83. The highest BCUT2D eigenvalue weighted by Crippen LogP contribution is 2.24. The number of nitrogens with zero attached hydrogens (tertiary/aromatic N) is 2. The first kappa shape index (κ1) is 16.4. The van der Waals surface area contributed by atoms with Gasteiger partial charge < -0.3 is 15.0 Å². The Bertz CT molecular complexity index is 727. The Balaban J connectivity index is 1.60. The smallest absolute Gasteiger partial charge is 0.409 e. The van der Waals surface area contributed by atoms with Gasteiger partial charge in [0.2, 0.25) is 5.91 Å². The minimum absolute atomic E-state index is 0.000802. The first-order chi connectivity index (χ1) is 11.7. The summed E-state index contributed by atoms with van der Waals surface area (Å²) in [5.74, 6) is -0.000802. The fourth-order valence-electron chi connectivity index (χ4n) is 2.39. The van der Waals surface area contributed by atoms with Gasteiger partial charge >= 0.3 is 6.09 Å². The van der Waals surface area contributed by atoms with E-state index >= 15 is 0 Å². The molecule has 1 aromatic heterocycles. The lowest BCUT2D eigenvalue weighted by Crippen LogP contribution is -2.26. The SMILES string of the molecule is CCC(=O)Nc1ccc(-c2csc(CCN3CCOC3=O)n2)cc1. The average Bonchev–Trinajstić information content (AvgIpc) is 3.22. The molecule has 2 amide bonds. The van der Waals surface area contributed by atoms with Gasteiger partial charge in [-0.15, -0.1) is 11.3 Å². The van der Waals surface area contributed by atoms with Gasteiger partial charge in [0.05, 0.1) is 17.2 Å². The summed E-state index contributed by atoms with van der Waals surface area (Å²) in [7, 11) is 0. The molecule has 2 aromatic rings. The molecule has 0 radical (unpaired) electrons. The predicted octanol–water partition coefficient (Wildman–Crippen LogP) is 3.15. The number of benzene rings is 1. The molecule has 1 N–H and O–H groups in total. The third-order valence-corrected chi connectivity index (χ3v) is 4.69. The summed E-state index contributed by atoms with van der Waals surface area (Å²) in [6.07, 6.45) is 0.947. The van der Waals surface area contributed by atoms with Gasteiger partial charge in [0, 0.05) is 36.0 Å². The van der Waals surface area contributed by atoms with Crippen LogP contribution < -0.4 is 5.32 Å². The molecule has 7 heteroatoms. The van der Waals surface area contributed by atoms with Crippen molar-refractivity contribution in [2.24, 2.45) is 0 Å². The van der Waals surface area contributed by atoms with Crippen LogP contribution in [0, 0.1) is 0 Å². The van der Waals surface area contributed by atoms with E-state index in [9.17, 15) is 9.59 Å². The number of amides is 2. The largest absolute Gasteiger partial charge is 0.448 e. The second-order valence-electron chi connectivity index (χ2n) is 5.46. The van der Waals surface area contributed by atoms with Crippen LogP contribution in [0.4, 0.5) is 10.5 Å². The second kappa shape index (κ2) is 7.44. The zero-order valence-corrected chi connectivity index (χ0v) is 14.3. The molecule has 6 nitrogen and oxygen atoms in total. The van der Waals surface area contributed by atoms with Crippen LogP contribution in [0.3, 0.4) is 0 Å². The van der Waals surface area contributed by atoms with Gasteiger partial charge in [0.25, 0.3) is 0 Å². The van der Waals surface area contributed by atoms with E-state index in [1.54, 1.807) is 16.2 Å². The lowest BCUT2D eigenvalue weighted by atomic mass is 10.1. The molecule has 1 aromatic carbocycles. The predicted molar refractivity (Wildman–Crippen MR) is 93.1 cm³/mol. The number of carbonyl (C=O) groups is 2. The minimum Gasteiger partial charge on any atom is -0.448 e. The van der Waals surface area contributed by atoms with Crippen molar-refractivity contribution in [2.75, 3.05) is 25.0 Å². The van der Waals surface area contributed by atoms with Crippen molar-refractivity contribution in [3.8, 4) is 11.3 Å². The van der Waals surface area contributed by atoms with E-state index in [1.165, 1.54) is 0 Å². The molecule has 1 fully saturated rings. The molecular formula is C17H19N3O3S. The van der Waals surface area contributed by atoms with Gasteiger partial charge in [-0.2, -0.15) is 0 Å². The summed E-state index contributed by atoms with van der Waals surface area (Å²) in [4.78, 5) is 29.1. The Labute approximate surface area is 144 Å². The fourth-order valence-corrected chi connectivity index (χ4v) is 3.19. The lowest BCUT2D eigenvalue weighted by Gasteiger charge is -2.10. The Morgan fingerprint density at radius 3 is 2.83 bits per heavy atom. The van der Waals surface area contributed by atoms with Crippen LogP contribution in [0.25, 0.3) is 11.3 Å². The van der Waals surface area contributed by atoms with Crippen molar-refractivity contribution in [3.63, 3.8) is 0 Å². The zero-order valence-electron chi connectivity index (χ0n) is 13.4. The lowest BCUT2D eigenvalue weighted by molar-refractivity contribution is -0.115. The Morgan fingerprint density at radius 2 is 2.17 bits per heavy atom. The van der Waals surface area contributed by atoms with Crippen LogP contribution in [-0.4, -0.2) is 41.6 Å². The Hall–Kier alpha value is -2.41. The summed E-state index contributed by atoms with van der Waals surface area (Å²) < 4.78 is 4.92. The number of cyclic esters (lactones) is 1. The van der Waals surface area contributed by atoms with Crippen LogP contribution in [0.2, 0.25) is 0 Å². The van der Waals surface area contributed by atoms with E-state index in [0.29, 0.717) is 26.1 Å². The number of thiazole rings is 1. The van der Waals surface area contributed by atoms with Gasteiger partial charge in [-0.3, -0.25) is 4.79 Å². The van der Waals surface area contributed by atoms with Crippen molar-refractivity contribution < 1.29 is 14.3 Å². The summed E-state index contributed by atoms with van der Waals surface area (Å²) in [6, 6.07) is 7.65. The highest BCUT2D eigenvalue weighted by Gasteiger charge is 2.21. The van der Waals surface area contributed by atoms with E-state index < -0.39 is 0 Å². The molecule has 1 aliphatic heterocycles. The number of hydrogen-bond donors (Lipinski definition) is 1. The number of ether oxygens (including phenoxy) is 1. The maximum atomic E-state index is 11.4. The monoisotopic (exact) mass is 345 g/mol. The van der Waals surface area contributed by atoms with Gasteiger partial charge in [-0.25, -0.2) is 9.78 Å². The van der Waals surface area contributed by atoms with Crippen LogP contribution in [-0.2, 0) is 16.0 Å². The molecule has 3 rings (SSSR count). The van der Waals surface area contributed by atoms with Gasteiger partial charge in [-0.05, 0) is 12.1 Å². The highest BCUT2D eigenvalue weighted by molar-refractivity contribution is 7.09. The molecule has 0 bridgehead atoms. The van der Waals surface area contributed by atoms with Crippen LogP contribution >= 0.6 is 11.3 Å². The molecular weight excluding hydrogens is 326 g/mol. The van der Waals surface area contributed by atoms with Crippen molar-refractivity contribution in [3.05, 3.63) is 34.7 Å². The molecule has 0 spiro atoms. The van der Waals surface area contributed by atoms with Crippen LogP contribution in [0.5, 0.6) is 0 Å². The van der Waals surface area contributed by atoms with E-state index in [2.05, 4.69) is 10.3 Å². The summed E-state index contributed by atoms with van der Waals surface area (Å²) in [6.45, 7) is 3.58. The van der Waals surface area contributed by atoms with Gasteiger partial charge in [0.15, 0.2) is 0 Å². The Kier molecular flexibility index (Phi) is 5.10. The zero-order chi connectivity index (χ0) is 16.9. The number of anilines is 1. The van der Waals surface area contributed by atoms with Crippen molar-refractivity contribution in [1.29, 1.82) is 0 Å². The maximum Gasteiger partial charge on any atom is 0.409 e. The molecule has 0 aliphatic carbocycles. The minimum atomic E-state index is -0.239. The number of nitrogens with one attached hydrogen (secondary N) is 1. The van der Waals surface area contributed by atoms with Crippen LogP contribution in [0.1, 0.15) is 18.4 Å². The third kappa shape index (κ3) is 3.91. The normalized spacial score (nSPS) is 13.9. The number of aromatic nitrogens is 1. The summed E-state index contributed by atoms with van der Waals surface area (Å²) >= 11 is 1.59. The topological polar surface area (TPSA) is 71.5 Å². The van der Waals surface area contributed by atoms with E-state index in [-0.39, 0.29) is 12.0 Å². The number of rotatable bonds is 6. The molecule has 126 valence electrons. The molecule has 0 atom stereocenters. The quantitative estimate of drug-likeness (QED) is 0.873. The van der Waals surface area contributed by atoms with Crippen molar-refractivity contribution in [1.82, 2.24) is 9.88 Å². The van der Waals surface area contributed by atoms with E-state index in [1.807, 2.05) is 36.6 Å². The number of carbonyl (C=O) groups excluding carboxylic acids is 2. The van der Waals surface area contributed by atoms with E-state index in [0.717, 1.165) is 28.4 Å². The molecule has 1 saturated heterocycles. The molecule has 0 saturated carbocycles. The Morgan fingerprint density at radius 1 is 1.38 bits per heavy atom. The highest BCUT2D eigenvalue weighted by atomic mass is 32.1. The third-order valence-electron chi connectivity index (χ3n) is 3.78. The maximum absolute atomic E-state index is 11.4. The summed E-state index contributed by atoms with van der Waals surface area (Å²) in [5.41, 5.74) is 2.70. The molecule has 2 heterocycles. The first-order valence-electron chi connectivity index (χ1n) is 7.92. The molecule has 24 heavy (non-hydrogen) atoms. The van der Waals surface area contributed by atoms with Crippen LogP contribution in [0.15, 0.2) is 29.6 Å². The standard InChI is InChI=1S/C17H19N3O3S/c1-2-15(21)18-13-5-3-12(4-6-13)14-11-24-16(19-14)7-8-20-9-10-23-17(20)22/h3-6,11H,2,7-10H2,1H3,(H,18,21). The molecule has 1 aliphatic rings. The van der Waals surface area contributed by atoms with Crippen molar-refractivity contribution >= 4 is 29.0 Å². The first-order valence-corrected chi connectivity index (χ1v) is 8.80. The van der Waals surface area contributed by atoms with E-state index in [4.69, 9.17) is 4.74 Å².